The normalized spacial score (nSPS) is 10.5. The molecule has 1 amide bonds. The van der Waals surface area contributed by atoms with Crippen LogP contribution in [-0.4, -0.2) is 23.2 Å². The number of benzene rings is 1. The zero-order valence-corrected chi connectivity index (χ0v) is 13.3. The topological polar surface area (TPSA) is 42.0 Å². The second-order valence-corrected chi connectivity index (χ2v) is 6.16. The molecule has 0 fully saturated rings. The quantitative estimate of drug-likeness (QED) is 0.629. The van der Waals surface area contributed by atoms with Crippen LogP contribution in [0.5, 0.6) is 0 Å². The molecule has 0 bridgehead atoms. The van der Waals surface area contributed by atoms with E-state index >= 15 is 0 Å². The van der Waals surface area contributed by atoms with Crippen LogP contribution in [0.1, 0.15) is 17.7 Å². The summed E-state index contributed by atoms with van der Waals surface area (Å²) in [5, 5.41) is 2.90. The molecule has 2 aromatic rings. The number of carbonyl (C=O) groups excluding carboxylic acids is 1. The third kappa shape index (κ3) is 5.85. The number of thioether (sulfide) groups is 1. The molecular weight excluding hydrogens is 299 g/mol. The first-order chi connectivity index (χ1) is 10.6. The van der Waals surface area contributed by atoms with Gasteiger partial charge < -0.3 is 5.32 Å². The summed E-state index contributed by atoms with van der Waals surface area (Å²) in [5.74, 6) is 0.678. The van der Waals surface area contributed by atoms with Gasteiger partial charge in [0.2, 0.25) is 5.91 Å². The molecule has 3 nitrogen and oxygen atoms in total. The van der Waals surface area contributed by atoms with Gasteiger partial charge in [-0.2, -0.15) is 0 Å². The summed E-state index contributed by atoms with van der Waals surface area (Å²) < 4.78 is 12.8. The van der Waals surface area contributed by atoms with Crippen LogP contribution in [0.4, 0.5) is 4.39 Å². The Bertz CT molecular complexity index is 599. The molecule has 1 heterocycles. The Morgan fingerprint density at radius 2 is 2.00 bits per heavy atom. The summed E-state index contributed by atoms with van der Waals surface area (Å²) in [5.41, 5.74) is 1.87. The lowest BCUT2D eigenvalue weighted by molar-refractivity contribution is -0.120. The largest absolute Gasteiger partial charge is 0.356 e. The molecule has 0 atom stereocenters. The molecule has 116 valence electrons. The van der Waals surface area contributed by atoms with Crippen molar-refractivity contribution in [1.29, 1.82) is 0 Å². The van der Waals surface area contributed by atoms with Gasteiger partial charge in [0.1, 0.15) is 5.82 Å². The number of carbonyl (C=O) groups is 1. The van der Waals surface area contributed by atoms with Crippen molar-refractivity contribution >= 4 is 17.7 Å². The average Bonchev–Trinajstić information content (AvgIpc) is 2.51. The highest BCUT2D eigenvalue weighted by Gasteiger charge is 2.03. The molecule has 1 aromatic carbocycles. The van der Waals surface area contributed by atoms with E-state index in [-0.39, 0.29) is 11.7 Å². The second-order valence-electron chi connectivity index (χ2n) is 4.99. The zero-order chi connectivity index (χ0) is 15.8. The summed E-state index contributed by atoms with van der Waals surface area (Å²) in [4.78, 5) is 17.0. The molecule has 0 unspecified atom stereocenters. The lowest BCUT2D eigenvalue weighted by Crippen LogP contribution is -2.26. The molecule has 1 aromatic heterocycles. The van der Waals surface area contributed by atoms with Crippen molar-refractivity contribution in [2.75, 3.05) is 12.3 Å². The SMILES string of the molecule is Cc1ccc(CC(=O)NCCCSc2ccc(F)cc2)cn1. The van der Waals surface area contributed by atoms with Gasteiger partial charge in [-0.1, -0.05) is 6.07 Å². The molecule has 0 aliphatic carbocycles. The van der Waals surface area contributed by atoms with Gasteiger partial charge in [0.25, 0.3) is 0 Å². The number of nitrogens with one attached hydrogen (secondary N) is 1. The maximum atomic E-state index is 12.8. The van der Waals surface area contributed by atoms with Crippen molar-refractivity contribution in [3.05, 3.63) is 59.7 Å². The minimum atomic E-state index is -0.220. The van der Waals surface area contributed by atoms with Gasteiger partial charge in [-0.05, 0) is 55.0 Å². The van der Waals surface area contributed by atoms with E-state index in [1.54, 1.807) is 30.1 Å². The highest BCUT2D eigenvalue weighted by atomic mass is 32.2. The number of halogens is 1. The fraction of sp³-hybridized carbons (Fsp3) is 0.294. The lowest BCUT2D eigenvalue weighted by atomic mass is 10.2. The van der Waals surface area contributed by atoms with Crippen molar-refractivity contribution in [3.8, 4) is 0 Å². The third-order valence-corrected chi connectivity index (χ3v) is 4.16. The van der Waals surface area contributed by atoms with Crippen LogP contribution in [0, 0.1) is 12.7 Å². The van der Waals surface area contributed by atoms with Crippen LogP contribution in [0.2, 0.25) is 0 Å². The molecular formula is C17H19FN2OS. The van der Waals surface area contributed by atoms with Crippen LogP contribution in [0.25, 0.3) is 0 Å². The van der Waals surface area contributed by atoms with Crippen molar-refractivity contribution in [3.63, 3.8) is 0 Å². The van der Waals surface area contributed by atoms with Crippen molar-refractivity contribution < 1.29 is 9.18 Å². The van der Waals surface area contributed by atoms with E-state index in [9.17, 15) is 9.18 Å². The number of amides is 1. The Balaban J connectivity index is 1.61. The van der Waals surface area contributed by atoms with Gasteiger partial charge in [0.05, 0.1) is 6.42 Å². The Hall–Kier alpha value is -1.88. The molecule has 0 radical (unpaired) electrons. The molecule has 0 saturated heterocycles. The highest BCUT2D eigenvalue weighted by Crippen LogP contribution is 2.18. The smallest absolute Gasteiger partial charge is 0.224 e. The van der Waals surface area contributed by atoms with Gasteiger partial charge in [-0.25, -0.2) is 4.39 Å². The third-order valence-electron chi connectivity index (χ3n) is 3.06. The van der Waals surface area contributed by atoms with Crippen LogP contribution in [0.15, 0.2) is 47.5 Å². The number of nitrogens with zero attached hydrogens (tertiary/aromatic N) is 1. The Labute approximate surface area is 134 Å². The second kappa shape index (κ2) is 8.54. The highest BCUT2D eigenvalue weighted by molar-refractivity contribution is 7.99. The van der Waals surface area contributed by atoms with E-state index < -0.39 is 0 Å². The zero-order valence-electron chi connectivity index (χ0n) is 12.5. The van der Waals surface area contributed by atoms with Crippen molar-refractivity contribution in [1.82, 2.24) is 10.3 Å². The fourth-order valence-corrected chi connectivity index (χ4v) is 2.72. The number of hydrogen-bond donors (Lipinski definition) is 1. The first-order valence-electron chi connectivity index (χ1n) is 7.20. The Morgan fingerprint density at radius 3 is 2.68 bits per heavy atom. The van der Waals surface area contributed by atoms with Crippen LogP contribution >= 0.6 is 11.8 Å². The predicted octanol–water partition coefficient (Wildman–Crippen LogP) is 3.37. The van der Waals surface area contributed by atoms with Crippen molar-refractivity contribution in [2.24, 2.45) is 0 Å². The van der Waals surface area contributed by atoms with Gasteiger partial charge in [0.15, 0.2) is 0 Å². The average molecular weight is 318 g/mol. The summed E-state index contributed by atoms with van der Waals surface area (Å²) >= 11 is 1.66. The summed E-state index contributed by atoms with van der Waals surface area (Å²) in [6.45, 7) is 2.56. The van der Waals surface area contributed by atoms with Gasteiger partial charge in [-0.3, -0.25) is 9.78 Å². The van der Waals surface area contributed by atoms with E-state index in [2.05, 4.69) is 10.3 Å². The first-order valence-corrected chi connectivity index (χ1v) is 8.18. The van der Waals surface area contributed by atoms with E-state index in [0.29, 0.717) is 13.0 Å². The lowest BCUT2D eigenvalue weighted by Gasteiger charge is -2.05. The standard InChI is InChI=1S/C17H19FN2OS/c1-13-3-4-14(12-20-13)11-17(21)19-9-2-10-22-16-7-5-15(18)6-8-16/h3-8,12H,2,9-11H2,1H3,(H,19,21). The number of hydrogen-bond acceptors (Lipinski definition) is 3. The first kappa shape index (κ1) is 16.5. The molecule has 2 rings (SSSR count). The number of pyridine rings is 1. The van der Waals surface area contributed by atoms with Crippen LogP contribution in [0.3, 0.4) is 0 Å². The summed E-state index contributed by atoms with van der Waals surface area (Å²) in [6.07, 6.45) is 2.97. The van der Waals surface area contributed by atoms with Gasteiger partial charge >= 0.3 is 0 Å². The molecule has 5 heteroatoms. The van der Waals surface area contributed by atoms with E-state index in [1.807, 2.05) is 19.1 Å². The minimum absolute atomic E-state index is 0.0115. The maximum absolute atomic E-state index is 12.8. The van der Waals surface area contributed by atoms with E-state index in [1.165, 1.54) is 12.1 Å². The molecule has 0 spiro atoms. The predicted molar refractivity (Wildman–Crippen MR) is 87.4 cm³/mol. The minimum Gasteiger partial charge on any atom is -0.356 e. The number of aryl methyl sites for hydroxylation is 1. The Kier molecular flexibility index (Phi) is 6.40. The van der Waals surface area contributed by atoms with E-state index in [0.717, 1.165) is 28.3 Å². The van der Waals surface area contributed by atoms with Crippen LogP contribution in [-0.2, 0) is 11.2 Å². The molecule has 0 saturated carbocycles. The molecule has 22 heavy (non-hydrogen) atoms. The summed E-state index contributed by atoms with van der Waals surface area (Å²) in [6, 6.07) is 10.3. The van der Waals surface area contributed by atoms with Gasteiger partial charge in [0, 0.05) is 23.3 Å². The number of rotatable bonds is 7. The fourth-order valence-electron chi connectivity index (χ4n) is 1.87. The van der Waals surface area contributed by atoms with Gasteiger partial charge in [-0.15, -0.1) is 11.8 Å². The molecule has 0 aliphatic rings. The maximum Gasteiger partial charge on any atom is 0.224 e. The Morgan fingerprint density at radius 1 is 1.23 bits per heavy atom. The summed E-state index contributed by atoms with van der Waals surface area (Å²) in [7, 11) is 0. The molecule has 1 N–H and O–H groups in total. The molecule has 0 aliphatic heterocycles. The number of aromatic nitrogens is 1. The van der Waals surface area contributed by atoms with E-state index in [4.69, 9.17) is 0 Å². The van der Waals surface area contributed by atoms with Crippen LogP contribution < -0.4 is 5.32 Å². The van der Waals surface area contributed by atoms with Crippen molar-refractivity contribution in [2.45, 2.75) is 24.7 Å². The monoisotopic (exact) mass is 318 g/mol.